The van der Waals surface area contributed by atoms with E-state index in [1.54, 1.807) is 13.2 Å². The largest absolute Gasteiger partial charge is 0.345 e. The summed E-state index contributed by atoms with van der Waals surface area (Å²) < 4.78 is 0. The molecular formula is C22H21N5O. The number of para-hydroxylation sites is 1. The van der Waals surface area contributed by atoms with E-state index in [4.69, 9.17) is 4.98 Å². The average Bonchev–Trinajstić information content (AvgIpc) is 3.13. The molecule has 4 aromatic rings. The molecule has 2 heterocycles. The van der Waals surface area contributed by atoms with Gasteiger partial charge in [0.15, 0.2) is 0 Å². The number of amides is 1. The number of nitrogens with zero attached hydrogens (tertiary/aromatic N) is 4. The molecule has 1 amide bonds. The summed E-state index contributed by atoms with van der Waals surface area (Å²) >= 11 is 0. The number of rotatable bonds is 4. The van der Waals surface area contributed by atoms with E-state index in [0.717, 1.165) is 27.7 Å². The number of carbonyl (C=O) groups excluding carboxylic acids is 1. The highest BCUT2D eigenvalue weighted by atomic mass is 16.1. The van der Waals surface area contributed by atoms with Crippen LogP contribution in [0.1, 0.15) is 34.5 Å². The highest BCUT2D eigenvalue weighted by molar-refractivity contribution is 5.96. The van der Waals surface area contributed by atoms with E-state index in [1.165, 1.54) is 4.80 Å². The van der Waals surface area contributed by atoms with Gasteiger partial charge in [-0.3, -0.25) is 4.79 Å². The first kappa shape index (κ1) is 17.9. The second-order valence-corrected chi connectivity index (χ2v) is 6.84. The molecule has 4 rings (SSSR count). The maximum Gasteiger partial charge on any atom is 0.252 e. The van der Waals surface area contributed by atoms with Crippen molar-refractivity contribution in [2.45, 2.75) is 19.9 Å². The monoisotopic (exact) mass is 371 g/mol. The van der Waals surface area contributed by atoms with Crippen LogP contribution in [0.15, 0.2) is 60.8 Å². The number of hydrogen-bond acceptors (Lipinski definition) is 4. The van der Waals surface area contributed by atoms with Gasteiger partial charge in [0.25, 0.3) is 5.91 Å². The predicted molar refractivity (Wildman–Crippen MR) is 109 cm³/mol. The van der Waals surface area contributed by atoms with Gasteiger partial charge >= 0.3 is 0 Å². The van der Waals surface area contributed by atoms with Crippen molar-refractivity contribution < 1.29 is 4.79 Å². The van der Waals surface area contributed by atoms with Crippen LogP contribution in [-0.4, -0.2) is 25.9 Å². The van der Waals surface area contributed by atoms with Crippen LogP contribution >= 0.6 is 0 Å². The third-order valence-corrected chi connectivity index (χ3v) is 4.81. The van der Waals surface area contributed by atoms with Crippen molar-refractivity contribution in [3.05, 3.63) is 77.5 Å². The fourth-order valence-corrected chi connectivity index (χ4v) is 3.33. The van der Waals surface area contributed by atoms with Gasteiger partial charge < -0.3 is 5.32 Å². The molecule has 0 aliphatic carbocycles. The molecule has 6 heteroatoms. The van der Waals surface area contributed by atoms with Gasteiger partial charge in [0.2, 0.25) is 0 Å². The SMILES string of the molecule is Cc1ccccc1C(=O)NC(C)c1cc(-c2cnn(C)n2)nc2ccccc12. The van der Waals surface area contributed by atoms with E-state index in [1.807, 2.05) is 68.4 Å². The van der Waals surface area contributed by atoms with E-state index in [-0.39, 0.29) is 11.9 Å². The molecule has 1 atom stereocenters. The second-order valence-electron chi connectivity index (χ2n) is 6.84. The zero-order chi connectivity index (χ0) is 19.7. The Morgan fingerprint density at radius 2 is 1.82 bits per heavy atom. The summed E-state index contributed by atoms with van der Waals surface area (Å²) in [5.41, 5.74) is 4.92. The molecule has 1 unspecified atom stereocenters. The van der Waals surface area contributed by atoms with Gasteiger partial charge in [-0.15, -0.1) is 0 Å². The number of hydrogen-bond donors (Lipinski definition) is 1. The first-order valence-electron chi connectivity index (χ1n) is 9.16. The van der Waals surface area contributed by atoms with Gasteiger partial charge in [0.1, 0.15) is 5.69 Å². The fourth-order valence-electron chi connectivity index (χ4n) is 3.33. The normalized spacial score (nSPS) is 12.1. The van der Waals surface area contributed by atoms with Crippen LogP contribution in [0.5, 0.6) is 0 Å². The van der Waals surface area contributed by atoms with Gasteiger partial charge in [0.05, 0.1) is 23.4 Å². The maximum absolute atomic E-state index is 12.8. The summed E-state index contributed by atoms with van der Waals surface area (Å²) in [7, 11) is 1.77. The number of pyridine rings is 1. The molecule has 2 aromatic carbocycles. The summed E-state index contributed by atoms with van der Waals surface area (Å²) in [4.78, 5) is 19.0. The fraction of sp³-hybridized carbons (Fsp3) is 0.182. The molecule has 0 spiro atoms. The van der Waals surface area contributed by atoms with Crippen molar-refractivity contribution in [1.29, 1.82) is 0 Å². The Morgan fingerprint density at radius 1 is 1.07 bits per heavy atom. The molecule has 1 N–H and O–H groups in total. The van der Waals surface area contributed by atoms with Crippen LogP contribution in [0, 0.1) is 6.92 Å². The zero-order valence-electron chi connectivity index (χ0n) is 16.0. The number of fused-ring (bicyclic) bond motifs is 1. The van der Waals surface area contributed by atoms with Crippen LogP contribution in [0.4, 0.5) is 0 Å². The average molecular weight is 371 g/mol. The van der Waals surface area contributed by atoms with Crippen LogP contribution in [0.3, 0.4) is 0 Å². The van der Waals surface area contributed by atoms with Crippen LogP contribution in [0.25, 0.3) is 22.3 Å². The standard InChI is InChI=1S/C22H21N5O/c1-14-8-4-5-9-16(14)22(28)24-15(2)18-12-20(21-13-23-27(3)26-21)25-19-11-7-6-10-17(18)19/h4-13,15H,1-3H3,(H,24,28). The molecule has 0 aliphatic rings. The predicted octanol–water partition coefficient (Wildman–Crippen LogP) is 3.83. The molecule has 0 saturated heterocycles. The lowest BCUT2D eigenvalue weighted by Gasteiger charge is -2.18. The van der Waals surface area contributed by atoms with Crippen LogP contribution < -0.4 is 5.32 Å². The highest BCUT2D eigenvalue weighted by Crippen LogP contribution is 2.28. The molecular weight excluding hydrogens is 350 g/mol. The third kappa shape index (κ3) is 3.36. The van der Waals surface area contributed by atoms with Crippen molar-refractivity contribution in [3.8, 4) is 11.4 Å². The first-order valence-corrected chi connectivity index (χ1v) is 9.16. The third-order valence-electron chi connectivity index (χ3n) is 4.81. The lowest BCUT2D eigenvalue weighted by Crippen LogP contribution is -2.27. The molecule has 140 valence electrons. The van der Waals surface area contributed by atoms with Crippen LogP contribution in [-0.2, 0) is 7.05 Å². The zero-order valence-corrected chi connectivity index (χ0v) is 16.0. The number of aryl methyl sites for hydroxylation is 2. The quantitative estimate of drug-likeness (QED) is 0.592. The van der Waals surface area contributed by atoms with E-state index in [0.29, 0.717) is 11.3 Å². The van der Waals surface area contributed by atoms with Crippen LogP contribution in [0.2, 0.25) is 0 Å². The van der Waals surface area contributed by atoms with Crippen molar-refractivity contribution in [2.75, 3.05) is 0 Å². The minimum Gasteiger partial charge on any atom is -0.345 e. The molecule has 0 bridgehead atoms. The van der Waals surface area contributed by atoms with E-state index in [2.05, 4.69) is 15.5 Å². The minimum absolute atomic E-state index is 0.0902. The van der Waals surface area contributed by atoms with Gasteiger partial charge in [-0.1, -0.05) is 36.4 Å². The van der Waals surface area contributed by atoms with E-state index >= 15 is 0 Å². The Hall–Kier alpha value is -3.54. The molecule has 0 aliphatic heterocycles. The maximum atomic E-state index is 12.8. The lowest BCUT2D eigenvalue weighted by molar-refractivity contribution is 0.0939. The topological polar surface area (TPSA) is 72.7 Å². The summed E-state index contributed by atoms with van der Waals surface area (Å²) in [5, 5.41) is 12.6. The number of carbonyl (C=O) groups is 1. The Morgan fingerprint density at radius 3 is 2.57 bits per heavy atom. The molecule has 0 radical (unpaired) electrons. The van der Waals surface area contributed by atoms with Crippen molar-refractivity contribution in [3.63, 3.8) is 0 Å². The highest BCUT2D eigenvalue weighted by Gasteiger charge is 2.17. The molecule has 28 heavy (non-hydrogen) atoms. The van der Waals surface area contributed by atoms with Gasteiger partial charge in [-0.05, 0) is 43.2 Å². The Balaban J connectivity index is 1.74. The summed E-state index contributed by atoms with van der Waals surface area (Å²) in [5.74, 6) is -0.0902. The number of benzene rings is 2. The van der Waals surface area contributed by atoms with Gasteiger partial charge in [0, 0.05) is 18.0 Å². The van der Waals surface area contributed by atoms with E-state index < -0.39 is 0 Å². The van der Waals surface area contributed by atoms with Crippen molar-refractivity contribution in [2.24, 2.45) is 7.05 Å². The number of aromatic nitrogens is 4. The summed E-state index contributed by atoms with van der Waals surface area (Å²) in [6.45, 7) is 3.92. The van der Waals surface area contributed by atoms with Gasteiger partial charge in [-0.25, -0.2) is 4.98 Å². The number of nitrogens with one attached hydrogen (secondary N) is 1. The Kier molecular flexibility index (Phi) is 4.61. The Labute approximate surface area is 163 Å². The van der Waals surface area contributed by atoms with Crippen molar-refractivity contribution >= 4 is 16.8 Å². The summed E-state index contributed by atoms with van der Waals surface area (Å²) in [6, 6.07) is 17.3. The molecule has 0 fully saturated rings. The smallest absolute Gasteiger partial charge is 0.252 e. The molecule has 2 aromatic heterocycles. The minimum atomic E-state index is -0.199. The van der Waals surface area contributed by atoms with Crippen molar-refractivity contribution in [1.82, 2.24) is 25.3 Å². The second kappa shape index (κ2) is 7.23. The Bertz CT molecular complexity index is 1160. The van der Waals surface area contributed by atoms with Gasteiger partial charge in [-0.2, -0.15) is 15.0 Å². The first-order chi connectivity index (χ1) is 13.5. The molecule has 6 nitrogen and oxygen atoms in total. The molecule has 0 saturated carbocycles. The lowest BCUT2D eigenvalue weighted by atomic mass is 10.00. The summed E-state index contributed by atoms with van der Waals surface area (Å²) in [6.07, 6.45) is 1.69. The van der Waals surface area contributed by atoms with E-state index in [9.17, 15) is 4.79 Å².